The molecule has 2 fully saturated rings. The number of sulfone groups is 1. The van der Waals surface area contributed by atoms with Gasteiger partial charge in [0.15, 0.2) is 9.84 Å². The Morgan fingerprint density at radius 3 is 2.36 bits per heavy atom. The number of carbonyl (C=O) groups is 2. The molecule has 1 saturated heterocycles. The van der Waals surface area contributed by atoms with Crippen LogP contribution in [0.4, 0.5) is 0 Å². The van der Waals surface area contributed by atoms with Gasteiger partial charge in [0.25, 0.3) is 0 Å². The summed E-state index contributed by atoms with van der Waals surface area (Å²) < 4.78 is 23.1. The molecule has 7 nitrogen and oxygen atoms in total. The number of nitrogens with zero attached hydrogens (tertiary/aromatic N) is 2. The molecule has 1 atom stereocenters. The van der Waals surface area contributed by atoms with Crippen molar-refractivity contribution in [2.45, 2.75) is 38.3 Å². The molecule has 0 radical (unpaired) electrons. The van der Waals surface area contributed by atoms with Gasteiger partial charge in [-0.2, -0.15) is 0 Å². The Bertz CT molecular complexity index is 530. The van der Waals surface area contributed by atoms with Crippen LogP contribution in [0.2, 0.25) is 0 Å². The van der Waals surface area contributed by atoms with Crippen LogP contribution in [0, 0.1) is 0 Å². The van der Waals surface area contributed by atoms with Crippen molar-refractivity contribution in [3.8, 4) is 0 Å². The standard InChI is InChI=1S/C14H25N3O4S/c1-3-17(12-6-7-22(20,21)10-12)14(19)9-16(2)8-13(18)15-11-4-5-11/h11-12H,3-10H2,1-2H3,(H,15,18). The van der Waals surface area contributed by atoms with Crippen molar-refractivity contribution < 1.29 is 18.0 Å². The van der Waals surface area contributed by atoms with Crippen LogP contribution in [0.25, 0.3) is 0 Å². The highest BCUT2D eigenvalue weighted by Gasteiger charge is 2.34. The first-order valence-corrected chi connectivity index (χ1v) is 9.60. The Labute approximate surface area is 131 Å². The van der Waals surface area contributed by atoms with E-state index in [-0.39, 0.29) is 42.5 Å². The smallest absolute Gasteiger partial charge is 0.237 e. The van der Waals surface area contributed by atoms with Gasteiger partial charge in [0.2, 0.25) is 11.8 Å². The second-order valence-corrected chi connectivity index (χ2v) is 8.48. The third-order valence-corrected chi connectivity index (χ3v) is 5.82. The van der Waals surface area contributed by atoms with Gasteiger partial charge in [0.05, 0.1) is 24.6 Å². The van der Waals surface area contributed by atoms with Crippen LogP contribution in [0.3, 0.4) is 0 Å². The molecule has 2 rings (SSSR count). The van der Waals surface area contributed by atoms with E-state index in [1.54, 1.807) is 16.8 Å². The van der Waals surface area contributed by atoms with Crippen molar-refractivity contribution in [2.75, 3.05) is 38.2 Å². The highest BCUT2D eigenvalue weighted by Crippen LogP contribution is 2.19. The first-order valence-electron chi connectivity index (χ1n) is 7.78. The molecule has 0 aromatic heterocycles. The number of carbonyl (C=O) groups excluding carboxylic acids is 2. The largest absolute Gasteiger partial charge is 0.352 e. The third-order valence-electron chi connectivity index (χ3n) is 4.07. The lowest BCUT2D eigenvalue weighted by Gasteiger charge is -2.28. The number of likely N-dealkylation sites (N-methyl/N-ethyl adjacent to an activating group) is 2. The van der Waals surface area contributed by atoms with Crippen LogP contribution in [0.5, 0.6) is 0 Å². The maximum atomic E-state index is 12.4. The van der Waals surface area contributed by atoms with Crippen molar-refractivity contribution in [3.63, 3.8) is 0 Å². The summed E-state index contributed by atoms with van der Waals surface area (Å²) in [6.45, 7) is 2.65. The van der Waals surface area contributed by atoms with E-state index in [1.165, 1.54) is 0 Å². The van der Waals surface area contributed by atoms with E-state index >= 15 is 0 Å². The van der Waals surface area contributed by atoms with Crippen LogP contribution >= 0.6 is 0 Å². The SMILES string of the molecule is CCN(C(=O)CN(C)CC(=O)NC1CC1)C1CCS(=O)(=O)C1. The zero-order valence-corrected chi connectivity index (χ0v) is 14.1. The Hall–Kier alpha value is -1.15. The second kappa shape index (κ2) is 6.95. The summed E-state index contributed by atoms with van der Waals surface area (Å²) in [6, 6.07) is 0.0867. The summed E-state index contributed by atoms with van der Waals surface area (Å²) in [6.07, 6.45) is 2.58. The summed E-state index contributed by atoms with van der Waals surface area (Å²) in [5.41, 5.74) is 0. The lowest BCUT2D eigenvalue weighted by Crippen LogP contribution is -2.47. The van der Waals surface area contributed by atoms with E-state index < -0.39 is 9.84 Å². The summed E-state index contributed by atoms with van der Waals surface area (Å²) in [4.78, 5) is 27.4. The van der Waals surface area contributed by atoms with E-state index in [2.05, 4.69) is 5.32 Å². The highest BCUT2D eigenvalue weighted by molar-refractivity contribution is 7.91. The number of nitrogens with one attached hydrogen (secondary N) is 1. The number of hydrogen-bond acceptors (Lipinski definition) is 5. The summed E-state index contributed by atoms with van der Waals surface area (Å²) in [5.74, 6) is 0.0233. The van der Waals surface area contributed by atoms with Crippen LogP contribution in [-0.2, 0) is 19.4 Å². The minimum absolute atomic E-state index is 0.0540. The molecule has 0 spiro atoms. The summed E-state index contributed by atoms with van der Waals surface area (Å²) >= 11 is 0. The Morgan fingerprint density at radius 2 is 1.86 bits per heavy atom. The molecule has 1 aliphatic heterocycles. The molecule has 8 heteroatoms. The Morgan fingerprint density at radius 1 is 1.18 bits per heavy atom. The molecule has 2 aliphatic rings. The fourth-order valence-electron chi connectivity index (χ4n) is 2.78. The molecule has 2 amide bonds. The molecule has 1 unspecified atom stereocenters. The Balaban J connectivity index is 1.81. The molecule has 126 valence electrons. The van der Waals surface area contributed by atoms with E-state index in [9.17, 15) is 18.0 Å². The number of rotatable bonds is 7. The fraction of sp³-hybridized carbons (Fsp3) is 0.857. The fourth-order valence-corrected chi connectivity index (χ4v) is 4.51. The van der Waals surface area contributed by atoms with Crippen LogP contribution in [0.15, 0.2) is 0 Å². The first-order chi connectivity index (χ1) is 10.3. The number of amides is 2. The first kappa shape index (κ1) is 17.2. The predicted octanol–water partition coefficient (Wildman–Crippen LogP) is -0.768. The molecular weight excluding hydrogens is 306 g/mol. The topological polar surface area (TPSA) is 86.8 Å². The molecule has 0 aromatic carbocycles. The van der Waals surface area contributed by atoms with Crippen molar-refractivity contribution >= 4 is 21.7 Å². The highest BCUT2D eigenvalue weighted by atomic mass is 32.2. The normalized spacial score (nSPS) is 23.5. The average molecular weight is 331 g/mol. The maximum Gasteiger partial charge on any atom is 0.237 e. The zero-order valence-electron chi connectivity index (χ0n) is 13.2. The van der Waals surface area contributed by atoms with Crippen molar-refractivity contribution in [2.24, 2.45) is 0 Å². The second-order valence-electron chi connectivity index (χ2n) is 6.25. The van der Waals surface area contributed by atoms with Crippen LogP contribution in [-0.4, -0.2) is 80.3 Å². The third kappa shape index (κ3) is 4.95. The van der Waals surface area contributed by atoms with Gasteiger partial charge in [0, 0.05) is 18.6 Å². The van der Waals surface area contributed by atoms with Crippen LogP contribution in [0.1, 0.15) is 26.2 Å². The summed E-state index contributed by atoms with van der Waals surface area (Å²) in [5, 5.41) is 2.88. The molecule has 1 N–H and O–H groups in total. The quantitative estimate of drug-likeness (QED) is 0.662. The maximum absolute atomic E-state index is 12.4. The summed E-state index contributed by atoms with van der Waals surface area (Å²) in [7, 11) is -1.28. The Kier molecular flexibility index (Phi) is 5.44. The van der Waals surface area contributed by atoms with Crippen LogP contribution < -0.4 is 5.32 Å². The van der Waals surface area contributed by atoms with E-state index in [4.69, 9.17) is 0 Å². The van der Waals surface area contributed by atoms with E-state index in [1.807, 2.05) is 6.92 Å². The molecular formula is C14H25N3O4S. The molecule has 1 heterocycles. The van der Waals surface area contributed by atoms with Gasteiger partial charge in [-0.3, -0.25) is 14.5 Å². The lowest BCUT2D eigenvalue weighted by atomic mass is 10.2. The van der Waals surface area contributed by atoms with Gasteiger partial charge in [-0.1, -0.05) is 0 Å². The van der Waals surface area contributed by atoms with E-state index in [0.29, 0.717) is 19.0 Å². The zero-order chi connectivity index (χ0) is 16.3. The minimum atomic E-state index is -3.01. The van der Waals surface area contributed by atoms with Gasteiger partial charge in [-0.05, 0) is 33.2 Å². The average Bonchev–Trinajstić information content (AvgIpc) is 3.12. The monoisotopic (exact) mass is 331 g/mol. The van der Waals surface area contributed by atoms with Gasteiger partial charge in [0.1, 0.15) is 0 Å². The minimum Gasteiger partial charge on any atom is -0.352 e. The number of hydrogen-bond donors (Lipinski definition) is 1. The predicted molar refractivity (Wildman–Crippen MR) is 83.1 cm³/mol. The molecule has 1 saturated carbocycles. The van der Waals surface area contributed by atoms with Gasteiger partial charge < -0.3 is 10.2 Å². The van der Waals surface area contributed by atoms with Gasteiger partial charge in [-0.25, -0.2) is 8.42 Å². The van der Waals surface area contributed by atoms with E-state index in [0.717, 1.165) is 12.8 Å². The van der Waals surface area contributed by atoms with Crippen molar-refractivity contribution in [1.82, 2.24) is 15.1 Å². The van der Waals surface area contributed by atoms with Gasteiger partial charge >= 0.3 is 0 Å². The molecule has 0 aromatic rings. The van der Waals surface area contributed by atoms with Crippen molar-refractivity contribution in [3.05, 3.63) is 0 Å². The van der Waals surface area contributed by atoms with Gasteiger partial charge in [-0.15, -0.1) is 0 Å². The molecule has 0 bridgehead atoms. The lowest BCUT2D eigenvalue weighted by molar-refractivity contribution is -0.134. The molecule has 1 aliphatic carbocycles. The van der Waals surface area contributed by atoms with Crippen molar-refractivity contribution in [1.29, 1.82) is 0 Å². The molecule has 22 heavy (non-hydrogen) atoms.